The zero-order valence-electron chi connectivity index (χ0n) is 21.7. The number of carbonyl (C=O) groups excluding carboxylic acids is 2. The molecule has 7 nitrogen and oxygen atoms in total. The van der Waals surface area contributed by atoms with Crippen LogP contribution in [0.4, 0.5) is 17.1 Å². The number of nitrogens with zero attached hydrogens (tertiary/aromatic N) is 3. The number of hydrogen-bond donors (Lipinski definition) is 1. The van der Waals surface area contributed by atoms with E-state index in [1.165, 1.54) is 0 Å². The molecule has 0 saturated carbocycles. The van der Waals surface area contributed by atoms with Crippen LogP contribution in [0.2, 0.25) is 0 Å². The fourth-order valence-corrected chi connectivity index (χ4v) is 5.48. The topological polar surface area (TPSA) is 65.1 Å². The van der Waals surface area contributed by atoms with Gasteiger partial charge in [-0.25, -0.2) is 0 Å². The molecule has 2 heterocycles. The van der Waals surface area contributed by atoms with E-state index in [0.717, 1.165) is 80.1 Å². The second kappa shape index (κ2) is 11.9. The van der Waals surface area contributed by atoms with Crippen molar-refractivity contribution in [3.8, 4) is 5.75 Å². The average Bonchev–Trinajstić information content (AvgIpc) is 2.97. The molecule has 2 aliphatic heterocycles. The van der Waals surface area contributed by atoms with Crippen molar-refractivity contribution in [2.45, 2.75) is 19.3 Å². The minimum Gasteiger partial charge on any atom is -0.495 e. The number of likely N-dealkylation sites (tertiary alicyclic amines) is 1. The lowest BCUT2D eigenvalue weighted by molar-refractivity contribution is 0.0724. The van der Waals surface area contributed by atoms with Crippen LogP contribution in [0.3, 0.4) is 0 Å². The molecular weight excluding hydrogens is 544 g/mol. The molecule has 198 valence electrons. The number of rotatable bonds is 6. The van der Waals surface area contributed by atoms with E-state index < -0.39 is 0 Å². The highest BCUT2D eigenvalue weighted by Crippen LogP contribution is 2.32. The molecule has 0 spiro atoms. The van der Waals surface area contributed by atoms with Crippen molar-refractivity contribution in [1.82, 2.24) is 4.90 Å². The van der Waals surface area contributed by atoms with E-state index in [4.69, 9.17) is 4.74 Å². The normalized spacial score (nSPS) is 15.8. The third kappa shape index (κ3) is 5.80. The molecule has 2 amide bonds. The van der Waals surface area contributed by atoms with Gasteiger partial charge in [0.2, 0.25) is 0 Å². The van der Waals surface area contributed by atoms with Crippen LogP contribution in [0.5, 0.6) is 5.75 Å². The number of amides is 2. The number of carbonyl (C=O) groups is 2. The first kappa shape index (κ1) is 26.1. The summed E-state index contributed by atoms with van der Waals surface area (Å²) in [6.07, 6.45) is 3.21. The molecular formula is C30H33BrN4O3. The number of nitrogens with one attached hydrogen (secondary N) is 1. The second-order valence-corrected chi connectivity index (χ2v) is 10.6. The van der Waals surface area contributed by atoms with Crippen LogP contribution in [0, 0.1) is 0 Å². The summed E-state index contributed by atoms with van der Waals surface area (Å²) in [7, 11) is 1.70. The molecule has 1 N–H and O–H groups in total. The van der Waals surface area contributed by atoms with Gasteiger partial charge in [0.1, 0.15) is 5.75 Å². The summed E-state index contributed by atoms with van der Waals surface area (Å²) < 4.78 is 6.48. The predicted octanol–water partition coefficient (Wildman–Crippen LogP) is 5.66. The van der Waals surface area contributed by atoms with E-state index in [1.54, 1.807) is 19.2 Å². The molecule has 0 atom stereocenters. The Hall–Kier alpha value is -3.52. The van der Waals surface area contributed by atoms with E-state index in [2.05, 4.69) is 37.1 Å². The Labute approximate surface area is 232 Å². The Morgan fingerprint density at radius 1 is 0.789 bits per heavy atom. The van der Waals surface area contributed by atoms with Crippen molar-refractivity contribution in [2.24, 2.45) is 0 Å². The van der Waals surface area contributed by atoms with Crippen molar-refractivity contribution < 1.29 is 14.3 Å². The summed E-state index contributed by atoms with van der Waals surface area (Å²) in [5, 5.41) is 2.98. The van der Waals surface area contributed by atoms with Gasteiger partial charge >= 0.3 is 0 Å². The van der Waals surface area contributed by atoms with Crippen LogP contribution in [0.25, 0.3) is 0 Å². The molecule has 2 aliphatic rings. The SMILES string of the molecule is COc1ccccc1N1CCN(c2ccc(NC(=O)c3ccc(Br)cc3)cc2C(=O)N2CCCCC2)CC1. The highest BCUT2D eigenvalue weighted by atomic mass is 79.9. The Morgan fingerprint density at radius 3 is 2.13 bits per heavy atom. The first-order valence-electron chi connectivity index (χ1n) is 13.2. The standard InChI is InChI=1S/C30H33BrN4O3/c1-38-28-8-4-3-7-27(28)34-19-17-33(18-20-34)26-14-13-24(32-29(36)22-9-11-23(31)12-10-22)21-25(26)30(37)35-15-5-2-6-16-35/h3-4,7-14,21H,2,5-6,15-20H2,1H3,(H,32,36). The molecule has 0 aromatic heterocycles. The fourth-order valence-electron chi connectivity index (χ4n) is 5.21. The molecule has 0 bridgehead atoms. The summed E-state index contributed by atoms with van der Waals surface area (Å²) in [6.45, 7) is 4.75. The van der Waals surface area contributed by atoms with Gasteiger partial charge in [0, 0.05) is 60.7 Å². The maximum Gasteiger partial charge on any atom is 0.256 e. The van der Waals surface area contributed by atoms with Crippen LogP contribution >= 0.6 is 15.9 Å². The number of piperidine rings is 1. The predicted molar refractivity (Wildman–Crippen MR) is 156 cm³/mol. The van der Waals surface area contributed by atoms with Crippen LogP contribution in [-0.4, -0.2) is 63.1 Å². The van der Waals surface area contributed by atoms with E-state index in [-0.39, 0.29) is 11.8 Å². The lowest BCUT2D eigenvalue weighted by Crippen LogP contribution is -2.47. The third-order valence-corrected chi connectivity index (χ3v) is 7.81. The molecule has 5 rings (SSSR count). The van der Waals surface area contributed by atoms with Gasteiger partial charge < -0.3 is 24.8 Å². The number of piperazine rings is 1. The van der Waals surface area contributed by atoms with Crippen molar-refractivity contribution in [3.05, 3.63) is 82.3 Å². The Morgan fingerprint density at radius 2 is 1.45 bits per heavy atom. The molecule has 3 aromatic carbocycles. The summed E-state index contributed by atoms with van der Waals surface area (Å²) in [6, 6.07) is 21.0. The third-order valence-electron chi connectivity index (χ3n) is 7.28. The minimum absolute atomic E-state index is 0.0339. The summed E-state index contributed by atoms with van der Waals surface area (Å²) in [5.41, 5.74) is 3.83. The molecule has 0 aliphatic carbocycles. The van der Waals surface area contributed by atoms with Gasteiger partial charge in [0.25, 0.3) is 11.8 Å². The number of methoxy groups -OCH3 is 1. The minimum atomic E-state index is -0.202. The van der Waals surface area contributed by atoms with Gasteiger partial charge in [-0.2, -0.15) is 0 Å². The maximum absolute atomic E-state index is 13.7. The Bertz CT molecular complexity index is 1280. The van der Waals surface area contributed by atoms with E-state index in [0.29, 0.717) is 16.8 Å². The van der Waals surface area contributed by atoms with Crippen LogP contribution in [-0.2, 0) is 0 Å². The summed E-state index contributed by atoms with van der Waals surface area (Å²) >= 11 is 3.41. The van der Waals surface area contributed by atoms with E-state index >= 15 is 0 Å². The summed E-state index contributed by atoms with van der Waals surface area (Å²) in [5.74, 6) is 0.700. The highest BCUT2D eigenvalue weighted by Gasteiger charge is 2.26. The van der Waals surface area contributed by atoms with Gasteiger partial charge in [-0.05, 0) is 73.9 Å². The molecule has 8 heteroatoms. The average molecular weight is 578 g/mol. The van der Waals surface area contributed by atoms with Crippen molar-refractivity contribution >= 4 is 44.8 Å². The van der Waals surface area contributed by atoms with Crippen LogP contribution in [0.1, 0.15) is 40.0 Å². The molecule has 0 unspecified atom stereocenters. The Balaban J connectivity index is 1.38. The molecule has 0 radical (unpaired) electrons. The van der Waals surface area contributed by atoms with E-state index in [9.17, 15) is 9.59 Å². The molecule has 3 aromatic rings. The van der Waals surface area contributed by atoms with Gasteiger partial charge in [-0.3, -0.25) is 9.59 Å². The smallest absolute Gasteiger partial charge is 0.256 e. The van der Waals surface area contributed by atoms with Gasteiger partial charge in [0.15, 0.2) is 0 Å². The molecule has 38 heavy (non-hydrogen) atoms. The molecule has 2 fully saturated rings. The monoisotopic (exact) mass is 576 g/mol. The Kier molecular flexibility index (Phi) is 8.17. The van der Waals surface area contributed by atoms with Gasteiger partial charge in [0.05, 0.1) is 18.4 Å². The number of benzene rings is 3. The van der Waals surface area contributed by atoms with Gasteiger partial charge in [-0.1, -0.05) is 28.1 Å². The number of anilines is 3. The summed E-state index contributed by atoms with van der Waals surface area (Å²) in [4.78, 5) is 33.2. The van der Waals surface area contributed by atoms with Crippen molar-refractivity contribution in [3.63, 3.8) is 0 Å². The maximum atomic E-state index is 13.7. The first-order valence-corrected chi connectivity index (χ1v) is 14.0. The zero-order chi connectivity index (χ0) is 26.5. The fraction of sp³-hybridized carbons (Fsp3) is 0.333. The number of para-hydroxylation sites is 2. The quantitative estimate of drug-likeness (QED) is 0.410. The van der Waals surface area contributed by atoms with Crippen molar-refractivity contribution in [2.75, 3.05) is 61.5 Å². The zero-order valence-corrected chi connectivity index (χ0v) is 23.2. The molecule has 2 saturated heterocycles. The van der Waals surface area contributed by atoms with E-state index in [1.807, 2.05) is 53.4 Å². The van der Waals surface area contributed by atoms with Gasteiger partial charge in [-0.15, -0.1) is 0 Å². The highest BCUT2D eigenvalue weighted by molar-refractivity contribution is 9.10. The second-order valence-electron chi connectivity index (χ2n) is 9.69. The van der Waals surface area contributed by atoms with Crippen LogP contribution in [0.15, 0.2) is 71.2 Å². The van der Waals surface area contributed by atoms with Crippen LogP contribution < -0.4 is 19.9 Å². The lowest BCUT2D eigenvalue weighted by atomic mass is 10.0. The number of ether oxygens (including phenoxy) is 1. The number of halogens is 1. The lowest BCUT2D eigenvalue weighted by Gasteiger charge is -2.39. The number of hydrogen-bond acceptors (Lipinski definition) is 5. The largest absolute Gasteiger partial charge is 0.495 e. The first-order chi connectivity index (χ1) is 18.5. The van der Waals surface area contributed by atoms with Crippen molar-refractivity contribution in [1.29, 1.82) is 0 Å².